The minimum Gasteiger partial charge on any atom is -0.352 e. The van der Waals surface area contributed by atoms with Crippen LogP contribution in [0.5, 0.6) is 0 Å². The second-order valence-corrected chi connectivity index (χ2v) is 11.8. The maximum absolute atomic E-state index is 14.0. The highest BCUT2D eigenvalue weighted by molar-refractivity contribution is 5.96. The van der Waals surface area contributed by atoms with E-state index in [4.69, 9.17) is 0 Å². The quantitative estimate of drug-likeness (QED) is 0.205. The molecule has 4 N–H and O–H groups in total. The lowest BCUT2D eigenvalue weighted by Crippen LogP contribution is -2.58. The third-order valence-electron chi connectivity index (χ3n) is 8.71. The summed E-state index contributed by atoms with van der Waals surface area (Å²) in [4.78, 5) is 65.7. The molecule has 1 saturated heterocycles. The summed E-state index contributed by atoms with van der Waals surface area (Å²) in [6, 6.07) is 12.7. The Bertz CT molecular complexity index is 1330. The molecule has 236 valence electrons. The number of aryl methyl sites for hydroxylation is 1. The summed E-state index contributed by atoms with van der Waals surface area (Å²) in [6.07, 6.45) is 7.33. The molecule has 0 aromatic heterocycles. The Hall–Kier alpha value is -4.05. The molecule has 4 atom stereocenters. The Morgan fingerprint density at radius 1 is 1.00 bits per heavy atom. The number of carbonyl (C=O) groups is 5. The van der Waals surface area contributed by atoms with Crippen LogP contribution in [0.2, 0.25) is 0 Å². The van der Waals surface area contributed by atoms with Crippen molar-refractivity contribution in [3.8, 4) is 0 Å². The number of carbonyl (C=O) groups excluding carboxylic acids is 5. The number of nitrogens with zero attached hydrogens (tertiary/aromatic N) is 1. The number of hydrogen-bond acceptors (Lipinski definition) is 6. The van der Waals surface area contributed by atoms with E-state index in [0.717, 1.165) is 37.7 Å². The molecule has 0 radical (unpaired) electrons. The summed E-state index contributed by atoms with van der Waals surface area (Å²) >= 11 is 0. The van der Waals surface area contributed by atoms with Gasteiger partial charge in [0.15, 0.2) is 0 Å². The summed E-state index contributed by atoms with van der Waals surface area (Å²) in [5.74, 6) is -0.957. The zero-order valence-corrected chi connectivity index (χ0v) is 25.8. The molecular formula is C34H45N5O5. The second kappa shape index (κ2) is 16.1. The number of fused-ring (bicyclic) bond motifs is 1. The number of aldehydes is 1. The molecule has 4 amide bonds. The number of likely N-dealkylation sites (tertiary alicyclic amines) is 1. The van der Waals surface area contributed by atoms with Crippen LogP contribution in [0.3, 0.4) is 0 Å². The number of rotatable bonds is 13. The Labute approximate surface area is 259 Å². The van der Waals surface area contributed by atoms with Crippen molar-refractivity contribution < 1.29 is 24.0 Å². The summed E-state index contributed by atoms with van der Waals surface area (Å²) in [5.41, 5.74) is 3.24. The third-order valence-corrected chi connectivity index (χ3v) is 8.71. The van der Waals surface area contributed by atoms with Crippen LogP contribution in [-0.4, -0.2) is 73.1 Å². The molecule has 0 spiro atoms. The van der Waals surface area contributed by atoms with Gasteiger partial charge in [-0.25, -0.2) is 0 Å². The van der Waals surface area contributed by atoms with Gasteiger partial charge >= 0.3 is 0 Å². The molecule has 0 bridgehead atoms. The molecule has 1 aliphatic carbocycles. The molecule has 2 aromatic carbocycles. The first-order valence-corrected chi connectivity index (χ1v) is 15.8. The van der Waals surface area contributed by atoms with Gasteiger partial charge < -0.3 is 26.2 Å². The highest BCUT2D eigenvalue weighted by Crippen LogP contribution is 2.30. The van der Waals surface area contributed by atoms with Crippen molar-refractivity contribution in [3.05, 3.63) is 70.8 Å². The normalized spacial score (nSPS) is 19.2. The summed E-state index contributed by atoms with van der Waals surface area (Å²) in [5, 5.41) is 11.9. The second-order valence-electron chi connectivity index (χ2n) is 11.8. The van der Waals surface area contributed by atoms with E-state index in [9.17, 15) is 24.0 Å². The fraction of sp³-hybridized carbons (Fsp3) is 0.500. The lowest BCUT2D eigenvalue weighted by Gasteiger charge is -2.38. The van der Waals surface area contributed by atoms with Crippen LogP contribution in [-0.2, 0) is 20.8 Å². The van der Waals surface area contributed by atoms with Crippen LogP contribution in [0.1, 0.15) is 96.2 Å². The molecule has 44 heavy (non-hydrogen) atoms. The molecule has 2 aromatic rings. The number of piperidine rings is 1. The summed E-state index contributed by atoms with van der Waals surface area (Å²) in [7, 11) is 1.68. The predicted octanol–water partition coefficient (Wildman–Crippen LogP) is 3.07. The number of unbranched alkanes of at least 4 members (excludes halogenated alkanes) is 1. The van der Waals surface area contributed by atoms with Crippen molar-refractivity contribution in [2.24, 2.45) is 0 Å². The van der Waals surface area contributed by atoms with Gasteiger partial charge in [-0.15, -0.1) is 0 Å². The number of hydrogen-bond donors (Lipinski definition) is 4. The van der Waals surface area contributed by atoms with Crippen molar-refractivity contribution in [1.82, 2.24) is 26.2 Å². The van der Waals surface area contributed by atoms with E-state index in [1.165, 1.54) is 11.6 Å². The first-order chi connectivity index (χ1) is 21.3. The van der Waals surface area contributed by atoms with E-state index in [-0.39, 0.29) is 29.7 Å². The maximum atomic E-state index is 14.0. The number of nitrogens with one attached hydrogen (secondary N) is 4. The van der Waals surface area contributed by atoms with Gasteiger partial charge in [-0.1, -0.05) is 36.4 Å². The van der Waals surface area contributed by atoms with Crippen LogP contribution >= 0.6 is 0 Å². The predicted molar refractivity (Wildman–Crippen MR) is 168 cm³/mol. The van der Waals surface area contributed by atoms with E-state index < -0.39 is 18.1 Å². The van der Waals surface area contributed by atoms with Crippen LogP contribution in [0.4, 0.5) is 0 Å². The maximum Gasteiger partial charge on any atom is 0.251 e. The topological polar surface area (TPSA) is 137 Å². The summed E-state index contributed by atoms with van der Waals surface area (Å²) < 4.78 is 0. The van der Waals surface area contributed by atoms with E-state index >= 15 is 0 Å². The lowest BCUT2D eigenvalue weighted by molar-refractivity contribution is -0.145. The van der Waals surface area contributed by atoms with Crippen LogP contribution in [0.25, 0.3) is 0 Å². The van der Waals surface area contributed by atoms with E-state index in [2.05, 4.69) is 33.4 Å². The molecule has 1 aliphatic heterocycles. The van der Waals surface area contributed by atoms with Crippen LogP contribution in [0, 0.1) is 0 Å². The molecule has 10 nitrogen and oxygen atoms in total. The van der Waals surface area contributed by atoms with Crippen molar-refractivity contribution in [1.29, 1.82) is 0 Å². The van der Waals surface area contributed by atoms with Gasteiger partial charge in [0, 0.05) is 24.2 Å². The first-order valence-electron chi connectivity index (χ1n) is 15.8. The highest BCUT2D eigenvalue weighted by atomic mass is 16.2. The van der Waals surface area contributed by atoms with E-state index in [0.29, 0.717) is 56.2 Å². The van der Waals surface area contributed by atoms with Gasteiger partial charge in [0.2, 0.25) is 17.7 Å². The standard InChI is InChI=1S/C34H45N5O5/c1-23(35-2)31(41)38-29(16-5-7-19-36-32(42)26-14-9-11-24(21-26)22-40)34(44)39-20-8-6-18-30(39)33(43)37-28-17-10-13-25-12-3-4-15-27(25)28/h3-4,9,11-12,14-15,21-23,28-30,35H,5-8,10,13,16-20H2,1-2H3,(H,36,42)(H,37,43)(H,38,41)/t23-,28+,29-,30-/m0/s1. The van der Waals surface area contributed by atoms with Gasteiger partial charge in [-0.2, -0.15) is 0 Å². The Morgan fingerprint density at radius 2 is 1.82 bits per heavy atom. The fourth-order valence-corrected chi connectivity index (χ4v) is 6.06. The van der Waals surface area contributed by atoms with Gasteiger partial charge in [-0.3, -0.25) is 24.0 Å². The average Bonchev–Trinajstić information content (AvgIpc) is 3.06. The van der Waals surface area contributed by atoms with Crippen LogP contribution < -0.4 is 21.3 Å². The largest absolute Gasteiger partial charge is 0.352 e. The third kappa shape index (κ3) is 8.53. The molecule has 10 heteroatoms. The molecule has 0 unspecified atom stereocenters. The molecule has 2 aliphatic rings. The van der Waals surface area contributed by atoms with Gasteiger partial charge in [-0.05, 0) is 95.0 Å². The summed E-state index contributed by atoms with van der Waals surface area (Å²) in [6.45, 7) is 2.57. The SMILES string of the molecule is CN[C@@H](C)C(=O)N[C@@H](CCCCNC(=O)c1cccc(C=O)c1)C(=O)N1CCCC[C@H]1C(=O)N[C@@H]1CCCc2ccccc21. The smallest absolute Gasteiger partial charge is 0.251 e. The molecule has 0 saturated carbocycles. The Balaban J connectivity index is 1.38. The van der Waals surface area contributed by atoms with Crippen LogP contribution in [0.15, 0.2) is 48.5 Å². The van der Waals surface area contributed by atoms with E-state index in [1.807, 2.05) is 12.1 Å². The first kappa shape index (κ1) is 32.9. The molecule has 1 heterocycles. The molecular weight excluding hydrogens is 558 g/mol. The fourth-order valence-electron chi connectivity index (χ4n) is 6.06. The van der Waals surface area contributed by atoms with Crippen molar-refractivity contribution in [3.63, 3.8) is 0 Å². The number of amides is 4. The van der Waals surface area contributed by atoms with E-state index in [1.54, 1.807) is 37.1 Å². The van der Waals surface area contributed by atoms with Crippen molar-refractivity contribution in [2.75, 3.05) is 20.1 Å². The van der Waals surface area contributed by atoms with Crippen molar-refractivity contribution in [2.45, 2.75) is 88.9 Å². The zero-order valence-electron chi connectivity index (χ0n) is 25.8. The lowest BCUT2D eigenvalue weighted by atomic mass is 9.87. The number of likely N-dealkylation sites (N-methyl/N-ethyl adjacent to an activating group) is 1. The van der Waals surface area contributed by atoms with Crippen molar-refractivity contribution >= 4 is 29.9 Å². The Morgan fingerprint density at radius 3 is 2.61 bits per heavy atom. The molecule has 4 rings (SSSR count). The van der Waals surface area contributed by atoms with Gasteiger partial charge in [0.25, 0.3) is 5.91 Å². The minimum absolute atomic E-state index is 0.0746. The average molecular weight is 604 g/mol. The zero-order chi connectivity index (χ0) is 31.5. The van der Waals surface area contributed by atoms with Gasteiger partial charge in [0.1, 0.15) is 18.4 Å². The minimum atomic E-state index is -0.790. The Kier molecular flexibility index (Phi) is 12.1. The number of benzene rings is 2. The van der Waals surface area contributed by atoms with Gasteiger partial charge in [0.05, 0.1) is 12.1 Å². The molecule has 1 fully saturated rings. The monoisotopic (exact) mass is 603 g/mol. The highest BCUT2D eigenvalue weighted by Gasteiger charge is 2.37.